The maximum Gasteiger partial charge on any atom is 0.315 e. The van der Waals surface area contributed by atoms with E-state index in [0.29, 0.717) is 38.8 Å². The molecule has 5 amide bonds. The van der Waals surface area contributed by atoms with Gasteiger partial charge in [-0.25, -0.2) is 4.79 Å². The van der Waals surface area contributed by atoms with Crippen molar-refractivity contribution < 1.29 is 19.2 Å². The standard InChI is InChI=1S/C32H59N5O4/c1-6-8-9-10-11-12-13-14-15-17-23-34-32(41)37-29(25(5)7-2)31(40)36-27-19-16-18-22-33-28(38)21-20-26(24(3)4)35-30(27)39/h20-21,24-27,29H,6-19,22-23H2,1-5H3,(H,33,38)(H,35,39)(H,36,40)(H2,34,37,41)/b21-20+/t25?,26-,27-,29+/m1/s1. The van der Waals surface area contributed by atoms with E-state index >= 15 is 0 Å². The zero-order valence-electron chi connectivity index (χ0n) is 26.5. The Bertz CT molecular complexity index is 801. The van der Waals surface area contributed by atoms with Crippen molar-refractivity contribution in [2.75, 3.05) is 13.1 Å². The normalized spacial score (nSPS) is 20.5. The van der Waals surface area contributed by atoms with Gasteiger partial charge in [-0.05, 0) is 37.5 Å². The van der Waals surface area contributed by atoms with Crippen LogP contribution in [0.1, 0.15) is 125 Å². The van der Waals surface area contributed by atoms with Crippen LogP contribution in [0.15, 0.2) is 12.2 Å². The summed E-state index contributed by atoms with van der Waals surface area (Å²) in [6.45, 7) is 11.1. The molecule has 1 heterocycles. The lowest BCUT2D eigenvalue weighted by molar-refractivity contribution is -0.131. The number of hydrogen-bond acceptors (Lipinski definition) is 4. The number of nitrogens with one attached hydrogen (secondary N) is 5. The van der Waals surface area contributed by atoms with Crippen molar-refractivity contribution in [2.24, 2.45) is 11.8 Å². The molecule has 0 radical (unpaired) electrons. The molecule has 1 rings (SSSR count). The van der Waals surface area contributed by atoms with Crippen molar-refractivity contribution in [1.29, 1.82) is 0 Å². The SMILES string of the molecule is CCCCCCCCCCCCNC(=O)N[C@H](C(=O)N[C@@H]1CCCCNC(=O)/C=C/[C@H](C(C)C)NC1=O)C(C)CC. The third-order valence-electron chi connectivity index (χ3n) is 7.93. The zero-order valence-corrected chi connectivity index (χ0v) is 26.5. The molecule has 1 aliphatic heterocycles. The van der Waals surface area contributed by atoms with Crippen molar-refractivity contribution >= 4 is 23.8 Å². The van der Waals surface area contributed by atoms with Crippen molar-refractivity contribution in [2.45, 2.75) is 143 Å². The molecule has 41 heavy (non-hydrogen) atoms. The molecule has 0 aromatic rings. The molecule has 0 aliphatic carbocycles. The minimum Gasteiger partial charge on any atom is -0.353 e. The van der Waals surface area contributed by atoms with Crippen LogP contribution in [0.2, 0.25) is 0 Å². The molecule has 9 heteroatoms. The lowest BCUT2D eigenvalue weighted by Crippen LogP contribution is -2.58. The molecule has 4 atom stereocenters. The van der Waals surface area contributed by atoms with Gasteiger partial charge in [-0.15, -0.1) is 0 Å². The van der Waals surface area contributed by atoms with Crippen LogP contribution in [0.3, 0.4) is 0 Å². The number of urea groups is 1. The summed E-state index contributed by atoms with van der Waals surface area (Å²) in [5, 5.41) is 14.5. The fourth-order valence-corrected chi connectivity index (χ4v) is 4.88. The van der Waals surface area contributed by atoms with Gasteiger partial charge in [0, 0.05) is 25.2 Å². The van der Waals surface area contributed by atoms with Crippen LogP contribution >= 0.6 is 0 Å². The summed E-state index contributed by atoms with van der Waals surface area (Å²) in [7, 11) is 0. The third kappa shape index (κ3) is 16.5. The average Bonchev–Trinajstić information content (AvgIpc) is 2.94. The van der Waals surface area contributed by atoms with Crippen LogP contribution in [0, 0.1) is 11.8 Å². The van der Waals surface area contributed by atoms with Crippen LogP contribution in [-0.4, -0.2) is 55.0 Å². The highest BCUT2D eigenvalue weighted by molar-refractivity contribution is 5.92. The van der Waals surface area contributed by atoms with Gasteiger partial charge in [-0.3, -0.25) is 14.4 Å². The first-order valence-corrected chi connectivity index (χ1v) is 16.3. The molecule has 5 N–H and O–H groups in total. The average molecular weight is 578 g/mol. The quantitative estimate of drug-likeness (QED) is 0.154. The van der Waals surface area contributed by atoms with Crippen molar-refractivity contribution in [1.82, 2.24) is 26.6 Å². The van der Waals surface area contributed by atoms with Gasteiger partial charge in [0.05, 0.1) is 0 Å². The Hall–Kier alpha value is -2.58. The number of rotatable bonds is 17. The second-order valence-electron chi connectivity index (χ2n) is 11.9. The Morgan fingerprint density at radius 1 is 0.927 bits per heavy atom. The maximum absolute atomic E-state index is 13.4. The molecule has 0 aromatic heterocycles. The lowest BCUT2D eigenvalue weighted by atomic mass is 9.97. The highest BCUT2D eigenvalue weighted by Crippen LogP contribution is 2.12. The van der Waals surface area contributed by atoms with Gasteiger partial charge in [0.25, 0.3) is 0 Å². The number of amides is 5. The highest BCUT2D eigenvalue weighted by Gasteiger charge is 2.30. The molecule has 0 spiro atoms. The topological polar surface area (TPSA) is 128 Å². The molecular weight excluding hydrogens is 518 g/mol. The van der Waals surface area contributed by atoms with Crippen molar-refractivity contribution in [3.63, 3.8) is 0 Å². The van der Waals surface area contributed by atoms with Gasteiger partial charge in [-0.2, -0.15) is 0 Å². The summed E-state index contributed by atoms with van der Waals surface area (Å²) in [5.74, 6) is -0.851. The smallest absolute Gasteiger partial charge is 0.315 e. The minimum absolute atomic E-state index is 0.0658. The Balaban J connectivity index is 2.61. The third-order valence-corrected chi connectivity index (χ3v) is 7.93. The number of unbranched alkanes of at least 4 members (excludes halogenated alkanes) is 9. The number of carbonyl (C=O) groups is 4. The van der Waals surface area contributed by atoms with Crippen molar-refractivity contribution in [3.8, 4) is 0 Å². The highest BCUT2D eigenvalue weighted by atomic mass is 16.2. The maximum atomic E-state index is 13.4. The van der Waals surface area contributed by atoms with Gasteiger partial charge >= 0.3 is 6.03 Å². The summed E-state index contributed by atoms with van der Waals surface area (Å²) in [6, 6.07) is -2.17. The van der Waals surface area contributed by atoms with E-state index < -0.39 is 12.1 Å². The minimum atomic E-state index is -0.748. The largest absolute Gasteiger partial charge is 0.353 e. The fourth-order valence-electron chi connectivity index (χ4n) is 4.88. The molecular formula is C32H59N5O4. The van der Waals surface area contributed by atoms with E-state index in [1.165, 1.54) is 57.4 Å². The van der Waals surface area contributed by atoms with Crippen LogP contribution < -0.4 is 26.6 Å². The monoisotopic (exact) mass is 577 g/mol. The zero-order chi connectivity index (χ0) is 30.5. The predicted octanol–water partition coefficient (Wildman–Crippen LogP) is 5.10. The van der Waals surface area contributed by atoms with Gasteiger partial charge in [0.1, 0.15) is 12.1 Å². The van der Waals surface area contributed by atoms with E-state index in [1.807, 2.05) is 27.7 Å². The van der Waals surface area contributed by atoms with Gasteiger partial charge in [0.2, 0.25) is 17.7 Å². The molecule has 0 aromatic carbocycles. The molecule has 0 saturated heterocycles. The van der Waals surface area contributed by atoms with Gasteiger partial charge < -0.3 is 26.6 Å². The molecule has 0 saturated carbocycles. The summed E-state index contributed by atoms with van der Waals surface area (Å²) < 4.78 is 0. The van der Waals surface area contributed by atoms with Gasteiger partial charge in [-0.1, -0.05) is 105 Å². The second kappa shape index (κ2) is 22.1. The molecule has 1 aliphatic rings. The van der Waals surface area contributed by atoms with Crippen LogP contribution in [-0.2, 0) is 14.4 Å². The first-order chi connectivity index (χ1) is 19.7. The summed E-state index contributed by atoms with van der Waals surface area (Å²) >= 11 is 0. The van der Waals surface area contributed by atoms with E-state index in [-0.39, 0.29) is 41.6 Å². The van der Waals surface area contributed by atoms with E-state index in [4.69, 9.17) is 0 Å². The summed E-state index contributed by atoms with van der Waals surface area (Å²) in [4.78, 5) is 51.2. The van der Waals surface area contributed by atoms with E-state index in [0.717, 1.165) is 12.8 Å². The Morgan fingerprint density at radius 3 is 2.17 bits per heavy atom. The summed E-state index contributed by atoms with van der Waals surface area (Å²) in [5.41, 5.74) is 0. The molecule has 1 unspecified atom stereocenters. The fraction of sp³-hybridized carbons (Fsp3) is 0.812. The molecule has 236 valence electrons. The second-order valence-corrected chi connectivity index (χ2v) is 11.9. The predicted molar refractivity (Wildman–Crippen MR) is 166 cm³/mol. The lowest BCUT2D eigenvalue weighted by Gasteiger charge is -2.28. The van der Waals surface area contributed by atoms with Gasteiger partial charge in [0.15, 0.2) is 0 Å². The number of carbonyl (C=O) groups excluding carboxylic acids is 4. The van der Waals surface area contributed by atoms with E-state index in [2.05, 4.69) is 33.5 Å². The summed E-state index contributed by atoms with van der Waals surface area (Å²) in [6.07, 6.45) is 18.0. The first kappa shape index (κ1) is 36.4. The Kier molecular flexibility index (Phi) is 19.6. The Labute approximate surface area is 249 Å². The van der Waals surface area contributed by atoms with Crippen molar-refractivity contribution in [3.05, 3.63) is 12.2 Å². The molecule has 0 fully saturated rings. The Morgan fingerprint density at radius 2 is 1.56 bits per heavy atom. The number of hydrogen-bond donors (Lipinski definition) is 5. The molecule has 9 nitrogen and oxygen atoms in total. The molecule has 0 bridgehead atoms. The van der Waals surface area contributed by atoms with E-state index in [1.54, 1.807) is 6.08 Å². The van der Waals surface area contributed by atoms with E-state index in [9.17, 15) is 19.2 Å². The van der Waals surface area contributed by atoms with Crippen LogP contribution in [0.4, 0.5) is 4.79 Å². The van der Waals surface area contributed by atoms with Crippen LogP contribution in [0.25, 0.3) is 0 Å². The first-order valence-electron chi connectivity index (χ1n) is 16.3. The van der Waals surface area contributed by atoms with Crippen LogP contribution in [0.5, 0.6) is 0 Å².